The predicted molar refractivity (Wildman–Crippen MR) is 84.3 cm³/mol. The lowest BCUT2D eigenvalue weighted by molar-refractivity contribution is 1.14. The molecule has 0 fully saturated rings. The second-order valence-corrected chi connectivity index (χ2v) is 5.70. The third kappa shape index (κ3) is 3.72. The minimum Gasteiger partial charge on any atom is -0.327 e. The van der Waals surface area contributed by atoms with Crippen molar-refractivity contribution in [3.8, 4) is 0 Å². The molecule has 0 radical (unpaired) electrons. The molecule has 2 heteroatoms. The maximum atomic E-state index is 5.68. The topological polar surface area (TPSA) is 26.0 Å². The molecule has 0 aromatic heterocycles. The minimum atomic E-state index is 0.617. The fraction of sp³-hybridized carbons (Fsp3) is 0.176. The molecule has 0 aliphatic heterocycles. The number of hydrogen-bond acceptors (Lipinski definition) is 2. The summed E-state index contributed by atoms with van der Waals surface area (Å²) in [5, 5.41) is 0. The highest BCUT2D eigenvalue weighted by Gasteiger charge is 2.01. The van der Waals surface area contributed by atoms with Gasteiger partial charge < -0.3 is 5.73 Å². The Morgan fingerprint density at radius 3 is 2.05 bits per heavy atom. The average Bonchev–Trinajstić information content (AvgIpc) is 2.47. The van der Waals surface area contributed by atoms with Crippen molar-refractivity contribution in [2.45, 2.75) is 23.6 Å². The molecule has 0 atom stereocenters. The Bertz CT molecular complexity index is 556. The van der Waals surface area contributed by atoms with Crippen LogP contribution in [0.5, 0.6) is 0 Å². The number of benzene rings is 2. The highest BCUT2D eigenvalue weighted by Crippen LogP contribution is 2.28. The number of allylic oxidation sites excluding steroid dienone is 1. The standard InChI is InChI=1S/C17H19NS/c1-13(12-18)14(2)15-8-10-17(11-9-15)19-16-6-4-3-5-7-16/h3-11H,12,18H2,1-2H3. The van der Waals surface area contributed by atoms with Crippen LogP contribution in [0.4, 0.5) is 0 Å². The van der Waals surface area contributed by atoms with Crippen LogP contribution in [0.15, 0.2) is 70.0 Å². The van der Waals surface area contributed by atoms with Gasteiger partial charge in [-0.25, -0.2) is 0 Å². The Balaban J connectivity index is 2.15. The first-order valence-electron chi connectivity index (χ1n) is 6.40. The molecule has 0 unspecified atom stereocenters. The van der Waals surface area contributed by atoms with Gasteiger partial charge in [0.1, 0.15) is 0 Å². The number of rotatable bonds is 4. The van der Waals surface area contributed by atoms with Gasteiger partial charge in [-0.3, -0.25) is 0 Å². The summed E-state index contributed by atoms with van der Waals surface area (Å²) in [6.45, 7) is 4.83. The van der Waals surface area contributed by atoms with Gasteiger partial charge in [-0.1, -0.05) is 47.7 Å². The third-order valence-corrected chi connectivity index (χ3v) is 4.23. The van der Waals surface area contributed by atoms with Gasteiger partial charge in [0, 0.05) is 16.3 Å². The van der Waals surface area contributed by atoms with Gasteiger partial charge in [-0.15, -0.1) is 0 Å². The number of nitrogens with two attached hydrogens (primary N) is 1. The summed E-state index contributed by atoms with van der Waals surface area (Å²) >= 11 is 1.78. The van der Waals surface area contributed by atoms with Crippen LogP contribution in [-0.2, 0) is 0 Å². The third-order valence-electron chi connectivity index (χ3n) is 3.21. The molecule has 1 nitrogen and oxygen atoms in total. The molecule has 19 heavy (non-hydrogen) atoms. The quantitative estimate of drug-likeness (QED) is 0.878. The Kier molecular flexibility index (Phi) is 4.83. The van der Waals surface area contributed by atoms with Gasteiger partial charge in [-0.2, -0.15) is 0 Å². The van der Waals surface area contributed by atoms with E-state index in [4.69, 9.17) is 5.73 Å². The maximum absolute atomic E-state index is 5.68. The summed E-state index contributed by atoms with van der Waals surface area (Å²) < 4.78 is 0. The molecular weight excluding hydrogens is 250 g/mol. The monoisotopic (exact) mass is 269 g/mol. The van der Waals surface area contributed by atoms with Gasteiger partial charge in [-0.05, 0) is 49.2 Å². The lowest BCUT2D eigenvalue weighted by Gasteiger charge is -2.07. The van der Waals surface area contributed by atoms with Gasteiger partial charge >= 0.3 is 0 Å². The maximum Gasteiger partial charge on any atom is 0.0140 e. The highest BCUT2D eigenvalue weighted by molar-refractivity contribution is 7.99. The van der Waals surface area contributed by atoms with Crippen molar-refractivity contribution >= 4 is 17.3 Å². The largest absolute Gasteiger partial charge is 0.327 e. The van der Waals surface area contributed by atoms with E-state index in [0.29, 0.717) is 6.54 Å². The Morgan fingerprint density at radius 1 is 0.895 bits per heavy atom. The molecule has 0 aliphatic rings. The zero-order valence-corrected chi connectivity index (χ0v) is 12.2. The van der Waals surface area contributed by atoms with Crippen LogP contribution in [0.2, 0.25) is 0 Å². The molecular formula is C17H19NS. The second kappa shape index (κ2) is 6.60. The fourth-order valence-corrected chi connectivity index (χ4v) is 2.63. The van der Waals surface area contributed by atoms with E-state index in [1.54, 1.807) is 11.8 Å². The van der Waals surface area contributed by atoms with E-state index in [-0.39, 0.29) is 0 Å². The average molecular weight is 269 g/mol. The lowest BCUT2D eigenvalue weighted by atomic mass is 10.0. The van der Waals surface area contributed by atoms with Crippen molar-refractivity contribution in [3.63, 3.8) is 0 Å². The summed E-state index contributed by atoms with van der Waals surface area (Å²) in [7, 11) is 0. The fourth-order valence-electron chi connectivity index (χ4n) is 1.80. The Labute approximate surface area is 119 Å². The van der Waals surface area contributed by atoms with Crippen molar-refractivity contribution < 1.29 is 0 Å². The van der Waals surface area contributed by atoms with E-state index in [0.717, 1.165) is 0 Å². The van der Waals surface area contributed by atoms with Crippen molar-refractivity contribution in [2.75, 3.05) is 6.54 Å². The molecule has 0 saturated carbocycles. The van der Waals surface area contributed by atoms with Crippen molar-refractivity contribution in [3.05, 3.63) is 65.7 Å². The van der Waals surface area contributed by atoms with E-state index in [2.05, 4.69) is 62.4 Å². The first-order chi connectivity index (χ1) is 9.20. The molecule has 2 rings (SSSR count). The van der Waals surface area contributed by atoms with E-state index in [1.807, 2.05) is 6.07 Å². The van der Waals surface area contributed by atoms with Crippen LogP contribution in [-0.4, -0.2) is 6.54 Å². The summed E-state index contributed by atoms with van der Waals surface area (Å²) in [4.78, 5) is 2.52. The van der Waals surface area contributed by atoms with E-state index < -0.39 is 0 Å². The molecule has 0 bridgehead atoms. The summed E-state index contributed by atoms with van der Waals surface area (Å²) in [5.41, 5.74) is 9.45. The van der Waals surface area contributed by atoms with Gasteiger partial charge in [0.2, 0.25) is 0 Å². The summed E-state index contributed by atoms with van der Waals surface area (Å²) in [5.74, 6) is 0. The Morgan fingerprint density at radius 2 is 1.47 bits per heavy atom. The molecule has 2 N–H and O–H groups in total. The summed E-state index contributed by atoms with van der Waals surface area (Å²) in [6, 6.07) is 19.1. The SMILES string of the molecule is CC(CN)=C(C)c1ccc(Sc2ccccc2)cc1. The normalized spacial score (nSPS) is 12.2. The first-order valence-corrected chi connectivity index (χ1v) is 7.22. The van der Waals surface area contributed by atoms with Crippen LogP contribution in [0.1, 0.15) is 19.4 Å². The van der Waals surface area contributed by atoms with E-state index in [1.165, 1.54) is 26.5 Å². The molecule has 0 saturated heterocycles. The molecule has 0 spiro atoms. The lowest BCUT2D eigenvalue weighted by Crippen LogP contribution is -2.01. The predicted octanol–water partition coefficient (Wildman–Crippen LogP) is 4.59. The van der Waals surface area contributed by atoms with E-state index in [9.17, 15) is 0 Å². The molecule has 0 heterocycles. The van der Waals surface area contributed by atoms with Crippen molar-refractivity contribution in [1.82, 2.24) is 0 Å². The van der Waals surface area contributed by atoms with Crippen molar-refractivity contribution in [2.24, 2.45) is 5.73 Å². The molecule has 98 valence electrons. The molecule has 2 aromatic rings. The first kappa shape index (κ1) is 13.9. The highest BCUT2D eigenvalue weighted by atomic mass is 32.2. The Hall–Kier alpha value is -1.51. The zero-order chi connectivity index (χ0) is 13.7. The van der Waals surface area contributed by atoms with Gasteiger partial charge in [0.15, 0.2) is 0 Å². The second-order valence-electron chi connectivity index (χ2n) is 4.55. The van der Waals surface area contributed by atoms with Crippen LogP contribution in [0.25, 0.3) is 5.57 Å². The van der Waals surface area contributed by atoms with Crippen LogP contribution >= 0.6 is 11.8 Å². The van der Waals surface area contributed by atoms with Crippen LogP contribution < -0.4 is 5.73 Å². The van der Waals surface area contributed by atoms with Gasteiger partial charge in [0.05, 0.1) is 0 Å². The van der Waals surface area contributed by atoms with Gasteiger partial charge in [0.25, 0.3) is 0 Å². The van der Waals surface area contributed by atoms with E-state index >= 15 is 0 Å². The molecule has 0 aliphatic carbocycles. The number of hydrogen-bond donors (Lipinski definition) is 1. The van der Waals surface area contributed by atoms with Crippen LogP contribution in [0.3, 0.4) is 0 Å². The molecule has 2 aromatic carbocycles. The smallest absolute Gasteiger partial charge is 0.0140 e. The summed E-state index contributed by atoms with van der Waals surface area (Å²) in [6.07, 6.45) is 0. The van der Waals surface area contributed by atoms with Crippen LogP contribution in [0, 0.1) is 0 Å². The molecule has 0 amide bonds. The minimum absolute atomic E-state index is 0.617. The van der Waals surface area contributed by atoms with Crippen molar-refractivity contribution in [1.29, 1.82) is 0 Å². The zero-order valence-electron chi connectivity index (χ0n) is 11.4.